The molecule has 0 radical (unpaired) electrons. The van der Waals surface area contributed by atoms with Gasteiger partial charge in [-0.1, -0.05) is 24.8 Å². The molecule has 2 aromatic carbocycles. The van der Waals surface area contributed by atoms with E-state index in [1.807, 2.05) is 55.5 Å². The Morgan fingerprint density at radius 1 is 1.10 bits per heavy atom. The molecule has 6 heteroatoms. The molecule has 0 aliphatic heterocycles. The first-order chi connectivity index (χ1) is 14.1. The summed E-state index contributed by atoms with van der Waals surface area (Å²) in [5.74, 6) is 1.50. The van der Waals surface area contributed by atoms with E-state index in [0.717, 1.165) is 27.6 Å². The van der Waals surface area contributed by atoms with Crippen molar-refractivity contribution in [1.82, 2.24) is 9.88 Å². The van der Waals surface area contributed by atoms with E-state index in [2.05, 4.69) is 11.6 Å². The van der Waals surface area contributed by atoms with E-state index in [1.165, 1.54) is 11.3 Å². The fourth-order valence-corrected chi connectivity index (χ4v) is 3.55. The molecule has 0 saturated heterocycles. The molecule has 1 amide bonds. The third-order valence-electron chi connectivity index (χ3n) is 4.19. The minimum absolute atomic E-state index is 0.106. The molecule has 5 nitrogen and oxygen atoms in total. The van der Waals surface area contributed by atoms with Gasteiger partial charge in [0.15, 0.2) is 0 Å². The van der Waals surface area contributed by atoms with E-state index < -0.39 is 0 Å². The SMILES string of the molecule is C=CCOc1ccc(CN(C)C(=O)c2csc(-c3ccc(OCC)cc3)n2)cc1. The number of ether oxygens (including phenoxy) is 2. The number of hydrogen-bond donors (Lipinski definition) is 0. The van der Waals surface area contributed by atoms with Gasteiger partial charge in [-0.3, -0.25) is 4.79 Å². The average Bonchev–Trinajstić information content (AvgIpc) is 3.23. The number of benzene rings is 2. The number of carbonyl (C=O) groups is 1. The van der Waals surface area contributed by atoms with Gasteiger partial charge >= 0.3 is 0 Å². The molecule has 1 aromatic heterocycles. The molecular weight excluding hydrogens is 384 g/mol. The molecule has 0 fully saturated rings. The number of amides is 1. The van der Waals surface area contributed by atoms with E-state index in [9.17, 15) is 4.79 Å². The molecule has 150 valence electrons. The van der Waals surface area contributed by atoms with Crippen LogP contribution in [-0.4, -0.2) is 36.1 Å². The van der Waals surface area contributed by atoms with Gasteiger partial charge in [-0.2, -0.15) is 0 Å². The summed E-state index contributed by atoms with van der Waals surface area (Å²) in [7, 11) is 1.78. The average molecular weight is 409 g/mol. The molecule has 29 heavy (non-hydrogen) atoms. The zero-order valence-electron chi connectivity index (χ0n) is 16.6. The summed E-state index contributed by atoms with van der Waals surface area (Å²) < 4.78 is 10.9. The first-order valence-electron chi connectivity index (χ1n) is 9.37. The Morgan fingerprint density at radius 3 is 2.41 bits per heavy atom. The third kappa shape index (κ3) is 5.45. The summed E-state index contributed by atoms with van der Waals surface area (Å²) >= 11 is 1.46. The van der Waals surface area contributed by atoms with Gasteiger partial charge in [0.2, 0.25) is 0 Å². The zero-order chi connectivity index (χ0) is 20.6. The van der Waals surface area contributed by atoms with Crippen LogP contribution in [0, 0.1) is 0 Å². The van der Waals surface area contributed by atoms with E-state index in [-0.39, 0.29) is 5.91 Å². The van der Waals surface area contributed by atoms with Crippen molar-refractivity contribution < 1.29 is 14.3 Å². The molecule has 0 atom stereocenters. The minimum Gasteiger partial charge on any atom is -0.494 e. The van der Waals surface area contributed by atoms with Crippen LogP contribution in [-0.2, 0) is 6.54 Å². The quantitative estimate of drug-likeness (QED) is 0.465. The Morgan fingerprint density at radius 2 is 1.76 bits per heavy atom. The summed E-state index contributed by atoms with van der Waals surface area (Å²) in [6, 6.07) is 15.4. The van der Waals surface area contributed by atoms with Gasteiger partial charge in [-0.25, -0.2) is 4.98 Å². The smallest absolute Gasteiger partial charge is 0.273 e. The fraction of sp³-hybridized carbons (Fsp3) is 0.217. The second-order valence-electron chi connectivity index (χ2n) is 6.40. The highest BCUT2D eigenvalue weighted by Gasteiger charge is 2.16. The lowest BCUT2D eigenvalue weighted by Crippen LogP contribution is -2.26. The Hall–Kier alpha value is -3.12. The predicted octanol–water partition coefficient (Wildman–Crippen LogP) is 5.05. The molecule has 1 heterocycles. The molecular formula is C23H24N2O3S. The van der Waals surface area contributed by atoms with Gasteiger partial charge in [0, 0.05) is 24.5 Å². The van der Waals surface area contributed by atoms with Crippen molar-refractivity contribution in [2.45, 2.75) is 13.5 Å². The highest BCUT2D eigenvalue weighted by Crippen LogP contribution is 2.26. The summed E-state index contributed by atoms with van der Waals surface area (Å²) in [5.41, 5.74) is 2.44. The van der Waals surface area contributed by atoms with Crippen LogP contribution in [0.15, 0.2) is 66.6 Å². The van der Waals surface area contributed by atoms with Crippen molar-refractivity contribution in [2.24, 2.45) is 0 Å². The van der Waals surface area contributed by atoms with E-state index in [4.69, 9.17) is 9.47 Å². The number of aromatic nitrogens is 1. The molecule has 0 bridgehead atoms. The number of thiazole rings is 1. The molecule has 0 aliphatic carbocycles. The molecule has 3 rings (SSSR count). The maximum atomic E-state index is 12.8. The summed E-state index contributed by atoms with van der Waals surface area (Å²) in [4.78, 5) is 18.9. The van der Waals surface area contributed by atoms with Crippen LogP contribution in [0.25, 0.3) is 10.6 Å². The van der Waals surface area contributed by atoms with Crippen LogP contribution in [0.1, 0.15) is 23.0 Å². The second-order valence-corrected chi connectivity index (χ2v) is 7.26. The van der Waals surface area contributed by atoms with Crippen molar-refractivity contribution in [3.05, 3.63) is 77.8 Å². The molecule has 0 spiro atoms. The van der Waals surface area contributed by atoms with Crippen LogP contribution in [0.5, 0.6) is 11.5 Å². The van der Waals surface area contributed by atoms with Crippen LogP contribution in [0.3, 0.4) is 0 Å². The minimum atomic E-state index is -0.106. The zero-order valence-corrected chi connectivity index (χ0v) is 17.4. The Bertz CT molecular complexity index is 949. The van der Waals surface area contributed by atoms with Crippen molar-refractivity contribution >= 4 is 17.2 Å². The maximum absolute atomic E-state index is 12.8. The summed E-state index contributed by atoms with van der Waals surface area (Å²) in [5, 5.41) is 2.62. The third-order valence-corrected chi connectivity index (χ3v) is 5.08. The first kappa shape index (κ1) is 20.6. The normalized spacial score (nSPS) is 10.4. The number of carbonyl (C=O) groups excluding carboxylic acids is 1. The summed E-state index contributed by atoms with van der Waals surface area (Å²) in [6.07, 6.45) is 1.70. The van der Waals surface area contributed by atoms with Gasteiger partial charge in [0.05, 0.1) is 6.61 Å². The Labute approximate surface area is 175 Å². The maximum Gasteiger partial charge on any atom is 0.273 e. The first-order valence-corrected chi connectivity index (χ1v) is 10.3. The van der Waals surface area contributed by atoms with E-state index in [0.29, 0.717) is 25.5 Å². The van der Waals surface area contributed by atoms with Gasteiger partial charge in [0.25, 0.3) is 5.91 Å². The van der Waals surface area contributed by atoms with Crippen LogP contribution in [0.4, 0.5) is 0 Å². The van der Waals surface area contributed by atoms with Crippen molar-refractivity contribution in [1.29, 1.82) is 0 Å². The van der Waals surface area contributed by atoms with Crippen molar-refractivity contribution in [3.63, 3.8) is 0 Å². The predicted molar refractivity (Wildman–Crippen MR) is 117 cm³/mol. The number of rotatable bonds is 9. The molecule has 0 N–H and O–H groups in total. The monoisotopic (exact) mass is 408 g/mol. The van der Waals surface area contributed by atoms with E-state index >= 15 is 0 Å². The Balaban J connectivity index is 1.63. The molecule has 0 unspecified atom stereocenters. The fourth-order valence-electron chi connectivity index (χ4n) is 2.75. The largest absolute Gasteiger partial charge is 0.494 e. The van der Waals surface area contributed by atoms with Gasteiger partial charge in [0.1, 0.15) is 28.8 Å². The van der Waals surface area contributed by atoms with Gasteiger partial charge < -0.3 is 14.4 Å². The molecule has 0 aliphatic rings. The number of hydrogen-bond acceptors (Lipinski definition) is 5. The standard InChI is InChI=1S/C23H24N2O3S/c1-4-14-28-20-10-6-17(7-11-20)15-25(3)23(26)21-16-29-22(24-21)18-8-12-19(13-9-18)27-5-2/h4,6-13,16H,1,5,14-15H2,2-3H3. The highest BCUT2D eigenvalue weighted by molar-refractivity contribution is 7.13. The Kier molecular flexibility index (Phi) is 7.03. The number of nitrogens with zero attached hydrogens (tertiary/aromatic N) is 2. The second kappa shape index (κ2) is 9.89. The van der Waals surface area contributed by atoms with Gasteiger partial charge in [-0.15, -0.1) is 11.3 Å². The topological polar surface area (TPSA) is 51.7 Å². The lowest BCUT2D eigenvalue weighted by atomic mass is 10.2. The lowest BCUT2D eigenvalue weighted by molar-refractivity contribution is 0.0780. The van der Waals surface area contributed by atoms with Crippen molar-refractivity contribution in [3.8, 4) is 22.1 Å². The lowest BCUT2D eigenvalue weighted by Gasteiger charge is -2.16. The molecule has 0 saturated carbocycles. The van der Waals surface area contributed by atoms with Crippen LogP contribution in [0.2, 0.25) is 0 Å². The van der Waals surface area contributed by atoms with Crippen LogP contribution >= 0.6 is 11.3 Å². The highest BCUT2D eigenvalue weighted by atomic mass is 32.1. The molecule has 3 aromatic rings. The van der Waals surface area contributed by atoms with Gasteiger partial charge in [-0.05, 0) is 48.9 Å². The van der Waals surface area contributed by atoms with Crippen molar-refractivity contribution in [2.75, 3.05) is 20.3 Å². The summed E-state index contributed by atoms with van der Waals surface area (Å²) in [6.45, 7) is 7.18. The van der Waals surface area contributed by atoms with Crippen LogP contribution < -0.4 is 9.47 Å². The van der Waals surface area contributed by atoms with E-state index in [1.54, 1.807) is 23.4 Å².